The molecule has 0 bridgehead atoms. The van der Waals surface area contributed by atoms with E-state index in [1.807, 2.05) is 12.1 Å². The Bertz CT molecular complexity index is 2410. The number of hydrogen-bond acceptors (Lipinski definition) is 3. The fourth-order valence-electron chi connectivity index (χ4n) is 6.80. The molecule has 6 aromatic carbocycles. The van der Waals surface area contributed by atoms with Gasteiger partial charge in [-0.2, -0.15) is 9.97 Å². The first-order valence-electron chi connectivity index (χ1n) is 16.8. The van der Waals surface area contributed by atoms with Crippen molar-refractivity contribution in [3.8, 4) is 51.0 Å². The van der Waals surface area contributed by atoms with Gasteiger partial charge in [-0.25, -0.2) is 4.98 Å². The molecule has 232 valence electrons. The normalized spacial score (nSPS) is 12.8. The molecule has 1 aliphatic rings. The lowest BCUT2D eigenvalue weighted by molar-refractivity contribution is 0.953. The summed E-state index contributed by atoms with van der Waals surface area (Å²) < 4.78 is 2.20. The van der Waals surface area contributed by atoms with Crippen LogP contribution in [0.15, 0.2) is 170 Å². The predicted octanol–water partition coefficient (Wildman–Crippen LogP) is 11.4. The van der Waals surface area contributed by atoms with Crippen LogP contribution in [-0.2, 0) is 0 Å². The van der Waals surface area contributed by atoms with Gasteiger partial charge in [0.2, 0.25) is 5.95 Å². The number of para-hydroxylation sites is 1. The lowest BCUT2D eigenvalue weighted by atomic mass is 9.98. The molecule has 0 amide bonds. The average Bonchev–Trinajstić information content (AvgIpc) is 3.52. The van der Waals surface area contributed by atoms with Crippen LogP contribution in [0.1, 0.15) is 18.4 Å². The van der Waals surface area contributed by atoms with Crippen LogP contribution in [0.5, 0.6) is 0 Å². The van der Waals surface area contributed by atoms with Crippen molar-refractivity contribution < 1.29 is 0 Å². The smallest absolute Gasteiger partial charge is 0.238 e. The summed E-state index contributed by atoms with van der Waals surface area (Å²) in [6, 6.07) is 53.1. The van der Waals surface area contributed by atoms with Gasteiger partial charge in [0, 0.05) is 21.9 Å². The Morgan fingerprint density at radius 2 is 0.918 bits per heavy atom. The third kappa shape index (κ3) is 5.43. The standard InChI is InChI=1S/C45H32N4/c1-4-12-31(13-5-1)34-20-24-36(25-21-34)43-46-44(37-26-22-35(23-27-37)32-14-6-2-7-15-32)48-45(47-43)49-41-19-11-10-18-39(41)40-29-28-38(30-42(40)49)33-16-8-3-9-17-33/h1-2,4-8,10-30H,3,9H2. The minimum atomic E-state index is 0.593. The average molecular weight is 629 g/mol. The second kappa shape index (κ2) is 12.3. The second-order valence-electron chi connectivity index (χ2n) is 12.4. The van der Waals surface area contributed by atoms with E-state index in [2.05, 4.69) is 162 Å². The van der Waals surface area contributed by atoms with Gasteiger partial charge in [-0.3, -0.25) is 4.57 Å². The zero-order valence-electron chi connectivity index (χ0n) is 26.9. The summed E-state index contributed by atoms with van der Waals surface area (Å²) in [5, 5.41) is 2.34. The maximum Gasteiger partial charge on any atom is 0.238 e. The van der Waals surface area contributed by atoms with E-state index < -0.39 is 0 Å². The lowest BCUT2D eigenvalue weighted by Crippen LogP contribution is -2.06. The van der Waals surface area contributed by atoms with Crippen LogP contribution in [-0.4, -0.2) is 19.5 Å². The van der Waals surface area contributed by atoms with Gasteiger partial charge in [0.25, 0.3) is 0 Å². The van der Waals surface area contributed by atoms with Crippen molar-refractivity contribution >= 4 is 27.4 Å². The van der Waals surface area contributed by atoms with E-state index in [4.69, 9.17) is 15.0 Å². The van der Waals surface area contributed by atoms with E-state index >= 15 is 0 Å². The Hall–Kier alpha value is -6.39. The number of nitrogens with zero attached hydrogens (tertiary/aromatic N) is 4. The van der Waals surface area contributed by atoms with Gasteiger partial charge in [-0.1, -0.05) is 158 Å². The number of allylic oxidation sites excluding steroid dienone is 4. The van der Waals surface area contributed by atoms with Gasteiger partial charge in [-0.05, 0) is 58.4 Å². The zero-order valence-corrected chi connectivity index (χ0v) is 26.9. The molecule has 0 N–H and O–H groups in total. The van der Waals surface area contributed by atoms with Crippen LogP contribution in [0.3, 0.4) is 0 Å². The molecule has 2 aromatic heterocycles. The van der Waals surface area contributed by atoms with E-state index in [9.17, 15) is 0 Å². The van der Waals surface area contributed by atoms with Crippen molar-refractivity contribution in [3.05, 3.63) is 175 Å². The van der Waals surface area contributed by atoms with Crippen molar-refractivity contribution in [1.29, 1.82) is 0 Å². The highest BCUT2D eigenvalue weighted by Crippen LogP contribution is 2.35. The van der Waals surface area contributed by atoms with Gasteiger partial charge in [0.1, 0.15) is 0 Å². The number of fused-ring (bicyclic) bond motifs is 3. The summed E-state index contributed by atoms with van der Waals surface area (Å²) in [6.45, 7) is 0. The molecule has 9 rings (SSSR count). The van der Waals surface area contributed by atoms with Crippen LogP contribution in [0, 0.1) is 0 Å². The fourth-order valence-corrected chi connectivity index (χ4v) is 6.80. The molecular formula is C45H32N4. The zero-order chi connectivity index (χ0) is 32.6. The van der Waals surface area contributed by atoms with Crippen molar-refractivity contribution in [1.82, 2.24) is 19.5 Å². The largest absolute Gasteiger partial charge is 0.278 e. The van der Waals surface area contributed by atoms with Gasteiger partial charge in [-0.15, -0.1) is 0 Å². The van der Waals surface area contributed by atoms with Crippen LogP contribution in [0.25, 0.3) is 78.4 Å². The minimum Gasteiger partial charge on any atom is -0.278 e. The Balaban J connectivity index is 1.24. The monoisotopic (exact) mass is 628 g/mol. The van der Waals surface area contributed by atoms with E-state index in [0.717, 1.165) is 46.1 Å². The van der Waals surface area contributed by atoms with Crippen molar-refractivity contribution in [3.63, 3.8) is 0 Å². The quantitative estimate of drug-likeness (QED) is 0.184. The summed E-state index contributed by atoms with van der Waals surface area (Å²) >= 11 is 0. The van der Waals surface area contributed by atoms with Crippen molar-refractivity contribution in [2.75, 3.05) is 0 Å². The first kappa shape index (κ1) is 28.8. The molecule has 0 radical (unpaired) electrons. The van der Waals surface area contributed by atoms with Gasteiger partial charge < -0.3 is 0 Å². The van der Waals surface area contributed by atoms with Gasteiger partial charge in [0.05, 0.1) is 11.0 Å². The van der Waals surface area contributed by atoms with Crippen LogP contribution < -0.4 is 0 Å². The Morgan fingerprint density at radius 3 is 1.51 bits per heavy atom. The molecule has 1 aliphatic carbocycles. The molecule has 2 heterocycles. The first-order chi connectivity index (χ1) is 24.3. The molecular weight excluding hydrogens is 597 g/mol. The van der Waals surface area contributed by atoms with Crippen LogP contribution in [0.2, 0.25) is 0 Å². The van der Waals surface area contributed by atoms with E-state index in [-0.39, 0.29) is 0 Å². The lowest BCUT2D eigenvalue weighted by Gasteiger charge is -2.12. The van der Waals surface area contributed by atoms with Crippen LogP contribution in [0.4, 0.5) is 0 Å². The highest BCUT2D eigenvalue weighted by atomic mass is 15.2. The van der Waals surface area contributed by atoms with Crippen LogP contribution >= 0.6 is 0 Å². The Morgan fingerprint density at radius 1 is 0.408 bits per heavy atom. The maximum absolute atomic E-state index is 5.19. The summed E-state index contributed by atoms with van der Waals surface area (Å²) in [6.07, 6.45) is 8.95. The summed E-state index contributed by atoms with van der Waals surface area (Å²) in [5.74, 6) is 1.86. The Labute approximate surface area is 285 Å². The van der Waals surface area contributed by atoms with E-state index in [1.165, 1.54) is 33.0 Å². The molecule has 0 atom stereocenters. The molecule has 0 unspecified atom stereocenters. The molecule has 0 spiro atoms. The molecule has 0 saturated carbocycles. The molecule has 8 aromatic rings. The molecule has 49 heavy (non-hydrogen) atoms. The third-order valence-corrected chi connectivity index (χ3v) is 9.33. The molecule has 0 saturated heterocycles. The predicted molar refractivity (Wildman–Crippen MR) is 202 cm³/mol. The van der Waals surface area contributed by atoms with E-state index in [1.54, 1.807) is 0 Å². The second-order valence-corrected chi connectivity index (χ2v) is 12.4. The van der Waals surface area contributed by atoms with Gasteiger partial charge >= 0.3 is 0 Å². The Kier molecular flexibility index (Phi) is 7.25. The van der Waals surface area contributed by atoms with Crippen molar-refractivity contribution in [2.24, 2.45) is 0 Å². The first-order valence-corrected chi connectivity index (χ1v) is 16.8. The molecule has 4 nitrogen and oxygen atoms in total. The molecule has 0 aliphatic heterocycles. The summed E-state index contributed by atoms with van der Waals surface area (Å²) in [4.78, 5) is 15.5. The highest BCUT2D eigenvalue weighted by molar-refractivity contribution is 6.09. The summed E-state index contributed by atoms with van der Waals surface area (Å²) in [5.41, 5.74) is 11.1. The number of aromatic nitrogens is 4. The molecule has 4 heteroatoms. The SMILES string of the molecule is C1=CC(c2ccc3c4ccccc4n(-c4nc(-c5ccc(-c6ccccc6)cc5)nc(-c5ccc(-c6ccccc6)cc5)n4)c3c2)=CCC1. The van der Waals surface area contributed by atoms with E-state index in [0.29, 0.717) is 17.6 Å². The minimum absolute atomic E-state index is 0.593. The van der Waals surface area contributed by atoms with Crippen molar-refractivity contribution in [2.45, 2.75) is 12.8 Å². The fraction of sp³-hybridized carbons (Fsp3) is 0.0444. The number of hydrogen-bond donors (Lipinski definition) is 0. The highest BCUT2D eigenvalue weighted by Gasteiger charge is 2.19. The third-order valence-electron chi connectivity index (χ3n) is 9.33. The number of benzene rings is 6. The van der Waals surface area contributed by atoms with Gasteiger partial charge in [0.15, 0.2) is 11.6 Å². The summed E-state index contributed by atoms with van der Waals surface area (Å²) in [7, 11) is 0. The maximum atomic E-state index is 5.19. The number of rotatable bonds is 6. The topological polar surface area (TPSA) is 43.6 Å². The molecule has 0 fully saturated rings.